The van der Waals surface area contributed by atoms with E-state index in [1.807, 2.05) is 19.1 Å². The van der Waals surface area contributed by atoms with Gasteiger partial charge in [-0.1, -0.05) is 29.8 Å². The van der Waals surface area contributed by atoms with Crippen molar-refractivity contribution in [3.8, 4) is 5.75 Å². The highest BCUT2D eigenvalue weighted by molar-refractivity contribution is 6.30. The van der Waals surface area contributed by atoms with Crippen molar-refractivity contribution in [1.82, 2.24) is 0 Å². The summed E-state index contributed by atoms with van der Waals surface area (Å²) in [6.45, 7) is 4.11. The number of hydrogen-bond acceptors (Lipinski definition) is 3. The maximum atomic E-state index is 12.2. The number of anilines is 2. The number of halogens is 1. The summed E-state index contributed by atoms with van der Waals surface area (Å²) in [5.74, 6) is 0.278. The molecule has 132 valence electrons. The molecule has 0 aliphatic heterocycles. The van der Waals surface area contributed by atoms with E-state index in [0.717, 1.165) is 0 Å². The highest BCUT2D eigenvalue weighted by Gasteiger charge is 2.17. The smallest absolute Gasteiger partial charge is 0.226 e. The molecule has 0 aliphatic rings. The minimum absolute atomic E-state index is 0.150. The van der Waals surface area contributed by atoms with Crippen LogP contribution in [-0.2, 0) is 9.59 Å². The van der Waals surface area contributed by atoms with Crippen LogP contribution in [-0.4, -0.2) is 25.0 Å². The summed E-state index contributed by atoms with van der Waals surface area (Å²) >= 11 is 5.91. The lowest BCUT2D eigenvalue weighted by atomic mass is 10.2. The molecule has 0 unspecified atom stereocenters. The molecule has 2 aromatic carbocycles. The first-order valence-electron chi connectivity index (χ1n) is 8.06. The summed E-state index contributed by atoms with van der Waals surface area (Å²) in [6.07, 6.45) is 0.159. The van der Waals surface area contributed by atoms with Crippen LogP contribution in [0.15, 0.2) is 48.5 Å². The molecule has 1 N–H and O–H groups in total. The Morgan fingerprint density at radius 3 is 2.60 bits per heavy atom. The molecule has 25 heavy (non-hydrogen) atoms. The van der Waals surface area contributed by atoms with Crippen LogP contribution in [0.5, 0.6) is 5.75 Å². The Bertz CT molecular complexity index is 749. The van der Waals surface area contributed by atoms with Crippen molar-refractivity contribution in [2.75, 3.05) is 23.4 Å². The van der Waals surface area contributed by atoms with Crippen LogP contribution in [0.3, 0.4) is 0 Å². The average molecular weight is 361 g/mol. The number of carbonyl (C=O) groups excluding carboxylic acids is 2. The fraction of sp³-hybridized carbons (Fsp3) is 0.263. The molecule has 0 saturated heterocycles. The average Bonchev–Trinajstić information content (AvgIpc) is 2.56. The van der Waals surface area contributed by atoms with Gasteiger partial charge in [-0.15, -0.1) is 0 Å². The van der Waals surface area contributed by atoms with Crippen LogP contribution >= 0.6 is 11.6 Å². The first kappa shape index (κ1) is 18.8. The van der Waals surface area contributed by atoms with Gasteiger partial charge < -0.3 is 15.0 Å². The van der Waals surface area contributed by atoms with Gasteiger partial charge in [0, 0.05) is 30.6 Å². The Hall–Kier alpha value is -2.53. The second kappa shape index (κ2) is 9.08. The van der Waals surface area contributed by atoms with Crippen LogP contribution in [0.1, 0.15) is 20.3 Å². The number of para-hydroxylation sites is 2. The molecule has 0 fully saturated rings. The van der Waals surface area contributed by atoms with Crippen molar-refractivity contribution in [1.29, 1.82) is 0 Å². The van der Waals surface area contributed by atoms with Crippen LogP contribution in [0, 0.1) is 0 Å². The highest BCUT2D eigenvalue weighted by Crippen LogP contribution is 2.28. The molecule has 0 spiro atoms. The predicted octanol–water partition coefficient (Wildman–Crippen LogP) is 4.12. The fourth-order valence-electron chi connectivity index (χ4n) is 2.41. The van der Waals surface area contributed by atoms with Gasteiger partial charge in [0.1, 0.15) is 5.75 Å². The Balaban J connectivity index is 2.05. The number of hydrogen-bond donors (Lipinski definition) is 1. The molecular formula is C19H21ClN2O3. The Morgan fingerprint density at radius 2 is 1.92 bits per heavy atom. The number of nitrogens with zero attached hydrogens (tertiary/aromatic N) is 1. The normalized spacial score (nSPS) is 10.2. The van der Waals surface area contributed by atoms with E-state index < -0.39 is 0 Å². The minimum Gasteiger partial charge on any atom is -0.492 e. The third kappa shape index (κ3) is 5.50. The molecule has 0 atom stereocenters. The van der Waals surface area contributed by atoms with Crippen molar-refractivity contribution >= 4 is 34.8 Å². The Morgan fingerprint density at radius 1 is 1.16 bits per heavy atom. The molecule has 5 nitrogen and oxygen atoms in total. The molecule has 0 radical (unpaired) electrons. The van der Waals surface area contributed by atoms with Crippen molar-refractivity contribution in [2.24, 2.45) is 0 Å². The first-order valence-corrected chi connectivity index (χ1v) is 8.44. The largest absolute Gasteiger partial charge is 0.492 e. The summed E-state index contributed by atoms with van der Waals surface area (Å²) in [7, 11) is 0. The predicted molar refractivity (Wildman–Crippen MR) is 100 cm³/mol. The van der Waals surface area contributed by atoms with Crippen molar-refractivity contribution in [2.45, 2.75) is 20.3 Å². The Kier molecular flexibility index (Phi) is 6.83. The number of rotatable bonds is 7. The van der Waals surface area contributed by atoms with E-state index in [9.17, 15) is 9.59 Å². The lowest BCUT2D eigenvalue weighted by Gasteiger charge is -2.23. The summed E-state index contributed by atoms with van der Waals surface area (Å²) in [4.78, 5) is 25.8. The van der Waals surface area contributed by atoms with E-state index in [2.05, 4.69) is 5.32 Å². The number of amides is 2. The van der Waals surface area contributed by atoms with E-state index >= 15 is 0 Å². The minimum atomic E-state index is -0.192. The molecule has 0 aliphatic carbocycles. The number of carbonyl (C=O) groups is 2. The van der Waals surface area contributed by atoms with Crippen LogP contribution in [0.2, 0.25) is 5.02 Å². The van der Waals surface area contributed by atoms with Gasteiger partial charge >= 0.3 is 0 Å². The second-order valence-corrected chi connectivity index (χ2v) is 5.82. The van der Waals surface area contributed by atoms with Gasteiger partial charge in [-0.25, -0.2) is 0 Å². The van der Waals surface area contributed by atoms with Gasteiger partial charge in [-0.05, 0) is 37.3 Å². The van der Waals surface area contributed by atoms with Gasteiger partial charge in [-0.2, -0.15) is 0 Å². The molecule has 0 bridgehead atoms. The SMILES string of the molecule is CCOc1ccccc1N(CCC(=O)Nc1cccc(Cl)c1)C(C)=O. The van der Waals surface area contributed by atoms with Gasteiger partial charge in [0.15, 0.2) is 0 Å². The molecule has 6 heteroatoms. The third-order valence-corrected chi connectivity index (χ3v) is 3.74. The van der Waals surface area contributed by atoms with E-state index in [4.69, 9.17) is 16.3 Å². The zero-order valence-corrected chi connectivity index (χ0v) is 15.0. The zero-order chi connectivity index (χ0) is 18.2. The topological polar surface area (TPSA) is 58.6 Å². The molecule has 2 amide bonds. The van der Waals surface area contributed by atoms with Crippen molar-refractivity contribution in [3.63, 3.8) is 0 Å². The Labute approximate surface area is 152 Å². The van der Waals surface area contributed by atoms with Crippen LogP contribution in [0.4, 0.5) is 11.4 Å². The third-order valence-electron chi connectivity index (χ3n) is 3.51. The van der Waals surface area contributed by atoms with Gasteiger partial charge in [0.25, 0.3) is 0 Å². The number of benzene rings is 2. The van der Waals surface area contributed by atoms with Crippen LogP contribution < -0.4 is 15.0 Å². The summed E-state index contributed by atoms with van der Waals surface area (Å²) < 4.78 is 5.57. The summed E-state index contributed by atoms with van der Waals surface area (Å²) in [5, 5.41) is 3.33. The standard InChI is InChI=1S/C19H21ClN2O3/c1-3-25-18-10-5-4-9-17(18)22(14(2)23)12-11-19(24)21-16-8-6-7-15(20)13-16/h4-10,13H,3,11-12H2,1-2H3,(H,21,24). The maximum Gasteiger partial charge on any atom is 0.226 e. The van der Waals surface area contributed by atoms with E-state index in [0.29, 0.717) is 28.8 Å². The lowest BCUT2D eigenvalue weighted by molar-refractivity contribution is -0.117. The van der Waals surface area contributed by atoms with Gasteiger partial charge in [0.2, 0.25) is 11.8 Å². The van der Waals surface area contributed by atoms with Crippen molar-refractivity contribution in [3.05, 3.63) is 53.6 Å². The highest BCUT2D eigenvalue weighted by atomic mass is 35.5. The summed E-state index contributed by atoms with van der Waals surface area (Å²) in [6, 6.07) is 14.2. The second-order valence-electron chi connectivity index (χ2n) is 5.38. The molecule has 0 aromatic heterocycles. The van der Waals surface area contributed by atoms with Crippen molar-refractivity contribution < 1.29 is 14.3 Å². The molecule has 0 saturated carbocycles. The zero-order valence-electron chi connectivity index (χ0n) is 14.3. The number of ether oxygens (including phenoxy) is 1. The lowest BCUT2D eigenvalue weighted by Crippen LogP contribution is -2.32. The van der Waals surface area contributed by atoms with Gasteiger partial charge in [0.05, 0.1) is 12.3 Å². The molecule has 2 rings (SSSR count). The molecule has 0 heterocycles. The van der Waals surface area contributed by atoms with E-state index in [1.165, 1.54) is 6.92 Å². The van der Waals surface area contributed by atoms with E-state index in [-0.39, 0.29) is 24.8 Å². The van der Waals surface area contributed by atoms with E-state index in [1.54, 1.807) is 41.3 Å². The maximum absolute atomic E-state index is 12.2. The van der Waals surface area contributed by atoms with Gasteiger partial charge in [-0.3, -0.25) is 9.59 Å². The van der Waals surface area contributed by atoms with Crippen LogP contribution in [0.25, 0.3) is 0 Å². The molecule has 2 aromatic rings. The fourth-order valence-corrected chi connectivity index (χ4v) is 2.60. The molecular weight excluding hydrogens is 340 g/mol. The number of nitrogens with one attached hydrogen (secondary N) is 1. The quantitative estimate of drug-likeness (QED) is 0.808. The monoisotopic (exact) mass is 360 g/mol. The first-order chi connectivity index (χ1) is 12.0. The summed E-state index contributed by atoms with van der Waals surface area (Å²) in [5.41, 5.74) is 1.29.